The first-order valence-corrected chi connectivity index (χ1v) is 6.81. The first kappa shape index (κ1) is 13.7. The SMILES string of the molecule is CNC(c1ccc(C(=O)OC)o1)C1COc2ccccc21. The second-order valence-corrected chi connectivity index (χ2v) is 4.92. The molecule has 2 unspecified atom stereocenters. The molecule has 0 saturated heterocycles. The average Bonchev–Trinajstić information content (AvgIpc) is 3.15. The Labute approximate surface area is 122 Å². The van der Waals surface area contributed by atoms with E-state index in [0.717, 1.165) is 11.3 Å². The number of carbonyl (C=O) groups excluding carboxylic acids is 1. The van der Waals surface area contributed by atoms with E-state index in [1.165, 1.54) is 7.11 Å². The quantitative estimate of drug-likeness (QED) is 0.875. The van der Waals surface area contributed by atoms with Crippen molar-refractivity contribution < 1.29 is 18.7 Å². The van der Waals surface area contributed by atoms with Crippen molar-refractivity contribution in [3.05, 3.63) is 53.5 Å². The Bertz CT molecular complexity index is 649. The van der Waals surface area contributed by atoms with E-state index in [2.05, 4.69) is 16.1 Å². The molecular formula is C16H17NO4. The minimum Gasteiger partial charge on any atom is -0.493 e. The molecule has 5 nitrogen and oxygen atoms in total. The largest absolute Gasteiger partial charge is 0.493 e. The standard InChI is InChI=1S/C16H17NO4/c1-17-15(13-7-8-14(21-13)16(18)19-2)11-9-20-12-6-4-3-5-10(11)12/h3-8,11,15,17H,9H2,1-2H3. The normalized spacial score (nSPS) is 17.9. The summed E-state index contributed by atoms with van der Waals surface area (Å²) in [7, 11) is 3.20. The van der Waals surface area contributed by atoms with Gasteiger partial charge in [-0.3, -0.25) is 0 Å². The summed E-state index contributed by atoms with van der Waals surface area (Å²) in [6.07, 6.45) is 0. The third-order valence-electron chi connectivity index (χ3n) is 3.77. The van der Waals surface area contributed by atoms with Gasteiger partial charge in [-0.1, -0.05) is 18.2 Å². The van der Waals surface area contributed by atoms with E-state index in [1.807, 2.05) is 25.2 Å². The van der Waals surface area contributed by atoms with Gasteiger partial charge in [-0.05, 0) is 25.2 Å². The molecule has 0 bridgehead atoms. The van der Waals surface area contributed by atoms with Crippen LogP contribution < -0.4 is 10.1 Å². The van der Waals surface area contributed by atoms with E-state index in [1.54, 1.807) is 12.1 Å². The Hall–Kier alpha value is -2.27. The zero-order valence-electron chi connectivity index (χ0n) is 12.0. The van der Waals surface area contributed by atoms with Crippen molar-refractivity contribution in [1.29, 1.82) is 0 Å². The van der Waals surface area contributed by atoms with E-state index in [9.17, 15) is 4.79 Å². The lowest BCUT2D eigenvalue weighted by Crippen LogP contribution is -2.24. The van der Waals surface area contributed by atoms with Crippen molar-refractivity contribution in [3.63, 3.8) is 0 Å². The van der Waals surface area contributed by atoms with E-state index < -0.39 is 5.97 Å². The van der Waals surface area contributed by atoms with Crippen molar-refractivity contribution in [2.75, 3.05) is 20.8 Å². The highest BCUT2D eigenvalue weighted by Crippen LogP contribution is 2.41. The number of hydrogen-bond donors (Lipinski definition) is 1. The maximum Gasteiger partial charge on any atom is 0.373 e. The van der Waals surface area contributed by atoms with Crippen LogP contribution in [-0.4, -0.2) is 26.7 Å². The molecule has 0 saturated carbocycles. The summed E-state index contributed by atoms with van der Waals surface area (Å²) >= 11 is 0. The van der Waals surface area contributed by atoms with Crippen LogP contribution in [0.15, 0.2) is 40.8 Å². The molecule has 3 rings (SSSR count). The molecule has 5 heteroatoms. The molecule has 1 aromatic carbocycles. The molecule has 1 aromatic heterocycles. The van der Waals surface area contributed by atoms with Crippen LogP contribution in [0.3, 0.4) is 0 Å². The predicted octanol–water partition coefficient (Wildman–Crippen LogP) is 2.50. The molecule has 2 heterocycles. The van der Waals surface area contributed by atoms with Gasteiger partial charge in [0, 0.05) is 11.5 Å². The third kappa shape index (κ3) is 2.40. The summed E-state index contributed by atoms with van der Waals surface area (Å²) in [5.74, 6) is 1.48. The summed E-state index contributed by atoms with van der Waals surface area (Å²) in [6, 6.07) is 11.3. The van der Waals surface area contributed by atoms with Crippen LogP contribution in [0.4, 0.5) is 0 Å². The zero-order valence-corrected chi connectivity index (χ0v) is 12.0. The monoisotopic (exact) mass is 287 g/mol. The van der Waals surface area contributed by atoms with Crippen LogP contribution >= 0.6 is 0 Å². The molecule has 0 radical (unpaired) electrons. The maximum absolute atomic E-state index is 11.5. The fourth-order valence-electron chi connectivity index (χ4n) is 2.74. The molecule has 0 aliphatic carbocycles. The summed E-state index contributed by atoms with van der Waals surface area (Å²) < 4.78 is 16.0. The summed E-state index contributed by atoms with van der Waals surface area (Å²) in [6.45, 7) is 0.582. The van der Waals surface area contributed by atoms with Crippen LogP contribution in [0.2, 0.25) is 0 Å². The highest BCUT2D eigenvalue weighted by Gasteiger charge is 2.33. The second kappa shape index (κ2) is 5.61. The van der Waals surface area contributed by atoms with Crippen molar-refractivity contribution >= 4 is 5.97 Å². The van der Waals surface area contributed by atoms with E-state index in [4.69, 9.17) is 9.15 Å². The van der Waals surface area contributed by atoms with Crippen LogP contribution in [0.5, 0.6) is 5.75 Å². The van der Waals surface area contributed by atoms with Gasteiger partial charge in [0.2, 0.25) is 5.76 Å². The first-order chi connectivity index (χ1) is 10.2. The van der Waals surface area contributed by atoms with Gasteiger partial charge in [-0.25, -0.2) is 4.79 Å². The van der Waals surface area contributed by atoms with Gasteiger partial charge in [0.25, 0.3) is 0 Å². The zero-order chi connectivity index (χ0) is 14.8. The van der Waals surface area contributed by atoms with Gasteiger partial charge in [0.15, 0.2) is 0 Å². The molecular weight excluding hydrogens is 270 g/mol. The van der Waals surface area contributed by atoms with E-state index in [0.29, 0.717) is 12.4 Å². The number of likely N-dealkylation sites (N-methyl/N-ethyl adjacent to an activating group) is 1. The van der Waals surface area contributed by atoms with Gasteiger partial charge in [0.1, 0.15) is 11.5 Å². The fraction of sp³-hybridized carbons (Fsp3) is 0.312. The number of hydrogen-bond acceptors (Lipinski definition) is 5. The minimum absolute atomic E-state index is 0.0629. The van der Waals surface area contributed by atoms with Crippen LogP contribution in [0.1, 0.15) is 33.8 Å². The highest BCUT2D eigenvalue weighted by molar-refractivity contribution is 5.86. The lowest BCUT2D eigenvalue weighted by Gasteiger charge is -2.20. The van der Waals surface area contributed by atoms with Gasteiger partial charge >= 0.3 is 5.97 Å². The number of benzene rings is 1. The van der Waals surface area contributed by atoms with Gasteiger partial charge in [-0.15, -0.1) is 0 Å². The lowest BCUT2D eigenvalue weighted by atomic mass is 9.92. The number of rotatable bonds is 4. The second-order valence-electron chi connectivity index (χ2n) is 4.92. The Morgan fingerprint density at radius 2 is 2.14 bits per heavy atom. The third-order valence-corrected chi connectivity index (χ3v) is 3.77. The number of nitrogens with one attached hydrogen (secondary N) is 1. The smallest absolute Gasteiger partial charge is 0.373 e. The van der Waals surface area contributed by atoms with Gasteiger partial charge in [0.05, 0.1) is 19.8 Å². The Morgan fingerprint density at radius 3 is 2.90 bits per heavy atom. The Morgan fingerprint density at radius 1 is 1.33 bits per heavy atom. The number of para-hydroxylation sites is 1. The Kier molecular flexibility index (Phi) is 3.66. The van der Waals surface area contributed by atoms with Gasteiger partial charge in [-0.2, -0.15) is 0 Å². The van der Waals surface area contributed by atoms with E-state index >= 15 is 0 Å². The molecule has 110 valence electrons. The topological polar surface area (TPSA) is 60.7 Å². The minimum atomic E-state index is -0.473. The van der Waals surface area contributed by atoms with Crippen molar-refractivity contribution in [2.24, 2.45) is 0 Å². The van der Waals surface area contributed by atoms with Crippen molar-refractivity contribution in [1.82, 2.24) is 5.32 Å². The molecule has 2 atom stereocenters. The molecule has 0 amide bonds. The molecule has 0 fully saturated rings. The summed E-state index contributed by atoms with van der Waals surface area (Å²) in [5, 5.41) is 3.25. The van der Waals surface area contributed by atoms with Gasteiger partial charge < -0.3 is 19.2 Å². The fourth-order valence-corrected chi connectivity index (χ4v) is 2.74. The predicted molar refractivity (Wildman–Crippen MR) is 76.5 cm³/mol. The molecule has 2 aromatic rings. The van der Waals surface area contributed by atoms with Crippen molar-refractivity contribution in [2.45, 2.75) is 12.0 Å². The van der Waals surface area contributed by atoms with Crippen LogP contribution in [0, 0.1) is 0 Å². The molecule has 1 aliphatic rings. The Balaban J connectivity index is 1.89. The highest BCUT2D eigenvalue weighted by atomic mass is 16.5. The molecule has 0 spiro atoms. The van der Waals surface area contributed by atoms with Crippen molar-refractivity contribution in [3.8, 4) is 5.75 Å². The molecule has 1 N–H and O–H groups in total. The number of furan rings is 1. The maximum atomic E-state index is 11.5. The van der Waals surface area contributed by atoms with Crippen LogP contribution in [0.25, 0.3) is 0 Å². The number of methoxy groups -OCH3 is 1. The van der Waals surface area contributed by atoms with Crippen LogP contribution in [-0.2, 0) is 4.74 Å². The summed E-state index contributed by atoms with van der Waals surface area (Å²) in [5.41, 5.74) is 1.15. The lowest BCUT2D eigenvalue weighted by molar-refractivity contribution is 0.0561. The number of carbonyl (C=O) groups is 1. The first-order valence-electron chi connectivity index (χ1n) is 6.81. The summed E-state index contributed by atoms with van der Waals surface area (Å²) in [4.78, 5) is 11.5. The number of esters is 1. The number of ether oxygens (including phenoxy) is 2. The van der Waals surface area contributed by atoms with E-state index in [-0.39, 0.29) is 17.7 Å². The molecule has 1 aliphatic heterocycles. The average molecular weight is 287 g/mol. The molecule has 21 heavy (non-hydrogen) atoms. The number of fused-ring (bicyclic) bond motifs is 1.